The van der Waals surface area contributed by atoms with Crippen molar-refractivity contribution in [3.63, 3.8) is 0 Å². The number of carbonyl (C=O) groups is 1. The predicted molar refractivity (Wildman–Crippen MR) is 99.6 cm³/mol. The van der Waals surface area contributed by atoms with Gasteiger partial charge in [-0.05, 0) is 36.5 Å². The van der Waals surface area contributed by atoms with Gasteiger partial charge in [0.2, 0.25) is 5.92 Å². The molecule has 1 N–H and O–H groups in total. The van der Waals surface area contributed by atoms with E-state index in [0.29, 0.717) is 38.0 Å². The van der Waals surface area contributed by atoms with Gasteiger partial charge in [-0.1, -0.05) is 12.1 Å². The van der Waals surface area contributed by atoms with E-state index < -0.39 is 15.8 Å². The lowest BCUT2D eigenvalue weighted by Gasteiger charge is -2.29. The van der Waals surface area contributed by atoms with Crippen molar-refractivity contribution in [2.24, 2.45) is 5.92 Å². The molecule has 27 heavy (non-hydrogen) atoms. The largest absolute Gasteiger partial charge is 0.352 e. The number of amides is 1. The fraction of sp³-hybridized carbons (Fsp3) is 0.632. The molecule has 0 bridgehead atoms. The molecule has 0 spiro atoms. The standard InChI is InChI=1S/C19H26F2N2O3S/c20-19(21)6-2-4-16(12-19)13-22-18(24)17-5-1-3-15(11-17)14-23-7-9-27(25,26)10-8-23/h1,3,5,11,16H,2,4,6-10,12-14H2,(H,22,24)/t16-/m0/s1. The minimum atomic E-state index is -2.92. The smallest absolute Gasteiger partial charge is 0.251 e. The lowest BCUT2D eigenvalue weighted by atomic mass is 9.86. The van der Waals surface area contributed by atoms with E-state index in [-0.39, 0.29) is 42.7 Å². The monoisotopic (exact) mass is 400 g/mol. The SMILES string of the molecule is O=C(NC[C@H]1CCCC(F)(F)C1)c1cccc(CN2CCS(=O)(=O)CC2)c1. The van der Waals surface area contributed by atoms with Crippen molar-refractivity contribution in [2.75, 3.05) is 31.1 Å². The average molecular weight is 400 g/mol. The van der Waals surface area contributed by atoms with E-state index in [0.717, 1.165) is 5.56 Å². The van der Waals surface area contributed by atoms with Crippen molar-refractivity contribution >= 4 is 15.7 Å². The normalized spacial score (nSPS) is 25.0. The predicted octanol–water partition coefficient (Wildman–Crippen LogP) is 2.47. The lowest BCUT2D eigenvalue weighted by molar-refractivity contribution is -0.0518. The van der Waals surface area contributed by atoms with Crippen LogP contribution in [-0.2, 0) is 16.4 Å². The first-order chi connectivity index (χ1) is 12.7. The fourth-order valence-corrected chi connectivity index (χ4v) is 5.04. The van der Waals surface area contributed by atoms with Gasteiger partial charge in [0.15, 0.2) is 9.84 Å². The fourth-order valence-electron chi connectivity index (χ4n) is 3.77. The zero-order valence-electron chi connectivity index (χ0n) is 15.3. The molecule has 1 saturated heterocycles. The van der Waals surface area contributed by atoms with Crippen LogP contribution in [-0.4, -0.2) is 56.3 Å². The average Bonchev–Trinajstić information content (AvgIpc) is 2.61. The minimum absolute atomic E-state index is 0.0582. The first kappa shape index (κ1) is 20.2. The summed E-state index contributed by atoms with van der Waals surface area (Å²) in [5.74, 6) is -2.73. The molecule has 150 valence electrons. The van der Waals surface area contributed by atoms with Crippen molar-refractivity contribution in [1.82, 2.24) is 10.2 Å². The van der Waals surface area contributed by atoms with Gasteiger partial charge in [-0.2, -0.15) is 0 Å². The molecule has 1 aliphatic heterocycles. The summed E-state index contributed by atoms with van der Waals surface area (Å²) >= 11 is 0. The Hall–Kier alpha value is -1.54. The summed E-state index contributed by atoms with van der Waals surface area (Å²) in [6, 6.07) is 7.18. The number of alkyl halides is 2. The molecule has 1 heterocycles. The first-order valence-electron chi connectivity index (χ1n) is 9.40. The van der Waals surface area contributed by atoms with Crippen LogP contribution in [0, 0.1) is 5.92 Å². The van der Waals surface area contributed by atoms with Crippen molar-refractivity contribution in [3.05, 3.63) is 35.4 Å². The van der Waals surface area contributed by atoms with Gasteiger partial charge in [0, 0.05) is 44.6 Å². The van der Waals surface area contributed by atoms with Crippen LogP contribution in [0.5, 0.6) is 0 Å². The topological polar surface area (TPSA) is 66.5 Å². The third kappa shape index (κ3) is 5.97. The molecule has 0 radical (unpaired) electrons. The maximum Gasteiger partial charge on any atom is 0.251 e. The number of hydrogen-bond donors (Lipinski definition) is 1. The number of halogens is 2. The Balaban J connectivity index is 1.53. The maximum absolute atomic E-state index is 13.5. The van der Waals surface area contributed by atoms with Crippen LogP contribution in [0.4, 0.5) is 8.78 Å². The highest BCUT2D eigenvalue weighted by Gasteiger charge is 2.36. The second-order valence-corrected chi connectivity index (χ2v) is 9.96. The molecule has 5 nitrogen and oxygen atoms in total. The van der Waals surface area contributed by atoms with Crippen molar-refractivity contribution in [2.45, 2.75) is 38.2 Å². The van der Waals surface area contributed by atoms with Crippen LogP contribution >= 0.6 is 0 Å². The molecule has 1 atom stereocenters. The maximum atomic E-state index is 13.5. The van der Waals surface area contributed by atoms with E-state index in [1.165, 1.54) is 0 Å². The molecular weight excluding hydrogens is 374 g/mol. The Bertz CT molecular complexity index is 769. The summed E-state index contributed by atoms with van der Waals surface area (Å²) in [6.07, 6.45) is 0.991. The second-order valence-electron chi connectivity index (χ2n) is 7.66. The molecule has 3 rings (SSSR count). The Morgan fingerprint density at radius 2 is 2.00 bits per heavy atom. The molecule has 1 saturated carbocycles. The van der Waals surface area contributed by atoms with Gasteiger partial charge >= 0.3 is 0 Å². The van der Waals surface area contributed by atoms with Gasteiger partial charge in [-0.25, -0.2) is 17.2 Å². The molecule has 2 fully saturated rings. The van der Waals surface area contributed by atoms with Crippen LogP contribution in [0.2, 0.25) is 0 Å². The number of nitrogens with one attached hydrogen (secondary N) is 1. The molecule has 8 heteroatoms. The summed E-state index contributed by atoms with van der Waals surface area (Å²) in [7, 11) is -2.92. The molecule has 2 aliphatic rings. The van der Waals surface area contributed by atoms with Crippen LogP contribution in [0.25, 0.3) is 0 Å². The summed E-state index contributed by atoms with van der Waals surface area (Å²) in [5.41, 5.74) is 1.44. The number of rotatable bonds is 5. The van der Waals surface area contributed by atoms with Gasteiger partial charge in [0.1, 0.15) is 0 Å². The summed E-state index contributed by atoms with van der Waals surface area (Å²) in [4.78, 5) is 14.4. The van der Waals surface area contributed by atoms with Crippen LogP contribution in [0.15, 0.2) is 24.3 Å². The van der Waals surface area contributed by atoms with E-state index >= 15 is 0 Å². The molecule has 1 aromatic rings. The highest BCUT2D eigenvalue weighted by atomic mass is 32.2. The van der Waals surface area contributed by atoms with Crippen molar-refractivity contribution in [3.8, 4) is 0 Å². The Labute approximate surface area is 159 Å². The molecule has 1 aromatic carbocycles. The van der Waals surface area contributed by atoms with Crippen LogP contribution in [0.3, 0.4) is 0 Å². The highest BCUT2D eigenvalue weighted by molar-refractivity contribution is 7.91. The highest BCUT2D eigenvalue weighted by Crippen LogP contribution is 2.36. The summed E-state index contributed by atoms with van der Waals surface area (Å²) in [6.45, 7) is 1.84. The van der Waals surface area contributed by atoms with Gasteiger partial charge in [0.25, 0.3) is 5.91 Å². The number of hydrogen-bond acceptors (Lipinski definition) is 4. The van der Waals surface area contributed by atoms with E-state index in [1.54, 1.807) is 18.2 Å². The van der Waals surface area contributed by atoms with E-state index in [2.05, 4.69) is 10.2 Å². The summed E-state index contributed by atoms with van der Waals surface area (Å²) < 4.78 is 50.0. The number of sulfone groups is 1. The zero-order valence-corrected chi connectivity index (χ0v) is 16.1. The van der Waals surface area contributed by atoms with E-state index in [9.17, 15) is 22.0 Å². The van der Waals surface area contributed by atoms with Crippen LogP contribution in [0.1, 0.15) is 41.6 Å². The van der Waals surface area contributed by atoms with Gasteiger partial charge in [-0.3, -0.25) is 9.69 Å². The van der Waals surface area contributed by atoms with Crippen LogP contribution < -0.4 is 5.32 Å². The second kappa shape index (κ2) is 8.22. The van der Waals surface area contributed by atoms with Gasteiger partial charge < -0.3 is 5.32 Å². The Morgan fingerprint density at radius 3 is 2.70 bits per heavy atom. The third-order valence-corrected chi connectivity index (χ3v) is 6.94. The summed E-state index contributed by atoms with van der Waals surface area (Å²) in [5, 5.41) is 2.78. The van der Waals surface area contributed by atoms with E-state index in [4.69, 9.17) is 0 Å². The first-order valence-corrected chi connectivity index (χ1v) is 11.2. The quantitative estimate of drug-likeness (QED) is 0.825. The number of carbonyl (C=O) groups excluding carboxylic acids is 1. The van der Waals surface area contributed by atoms with E-state index in [1.807, 2.05) is 6.07 Å². The van der Waals surface area contributed by atoms with Crippen molar-refractivity contribution < 1.29 is 22.0 Å². The zero-order chi connectivity index (χ0) is 19.5. The molecular formula is C19H26F2N2O3S. The Morgan fingerprint density at radius 1 is 1.26 bits per heavy atom. The van der Waals surface area contributed by atoms with Gasteiger partial charge in [0.05, 0.1) is 11.5 Å². The molecule has 0 aromatic heterocycles. The molecule has 1 aliphatic carbocycles. The number of nitrogens with zero attached hydrogens (tertiary/aromatic N) is 1. The lowest BCUT2D eigenvalue weighted by Crippen LogP contribution is -2.39. The van der Waals surface area contributed by atoms with Gasteiger partial charge in [-0.15, -0.1) is 0 Å². The molecule has 1 amide bonds. The third-order valence-electron chi connectivity index (χ3n) is 5.33. The molecule has 0 unspecified atom stereocenters. The van der Waals surface area contributed by atoms with Crippen molar-refractivity contribution in [1.29, 1.82) is 0 Å². The number of benzene rings is 1. The Kier molecular flexibility index (Phi) is 6.15. The minimum Gasteiger partial charge on any atom is -0.352 e.